The molecule has 3 heterocycles. The van der Waals surface area contributed by atoms with Gasteiger partial charge in [0.05, 0.1) is 6.20 Å². The minimum absolute atomic E-state index is 0.0950. The zero-order valence-electron chi connectivity index (χ0n) is 18.4. The minimum atomic E-state index is -0.520. The molecule has 1 amide bonds. The molecule has 1 aromatic carbocycles. The van der Waals surface area contributed by atoms with Crippen LogP contribution in [-0.4, -0.2) is 54.0 Å². The number of nitrogens with one attached hydrogen (secondary N) is 1. The van der Waals surface area contributed by atoms with Crippen LogP contribution in [0.1, 0.15) is 11.1 Å². The van der Waals surface area contributed by atoms with E-state index in [0.29, 0.717) is 17.9 Å². The zero-order chi connectivity index (χ0) is 23.0. The fraction of sp³-hybridized carbons (Fsp3) is 0.240. The Morgan fingerprint density at radius 1 is 1.15 bits per heavy atom. The lowest BCUT2D eigenvalue weighted by atomic mass is 10.2. The van der Waals surface area contributed by atoms with Crippen LogP contribution in [0.15, 0.2) is 67.1 Å². The number of hydrogen-bond donors (Lipinski definition) is 1. The molecule has 4 rings (SSSR count). The minimum Gasteiger partial charge on any atom is -0.453 e. The Morgan fingerprint density at radius 3 is 2.73 bits per heavy atom. The lowest BCUT2D eigenvalue weighted by Crippen LogP contribution is -2.45. The first kappa shape index (κ1) is 22.4. The number of hydrogen-bond acceptors (Lipinski definition) is 6. The van der Waals surface area contributed by atoms with Gasteiger partial charge in [0, 0.05) is 56.8 Å². The normalized spacial score (nSPS) is 14.4. The average molecular weight is 448 g/mol. The van der Waals surface area contributed by atoms with Crippen LogP contribution in [0.3, 0.4) is 0 Å². The first-order valence-corrected chi connectivity index (χ1v) is 10.8. The summed E-state index contributed by atoms with van der Waals surface area (Å²) in [5.41, 5.74) is 1.52. The first-order chi connectivity index (χ1) is 16.1. The number of aromatic nitrogens is 2. The Hall–Kier alpha value is -3.78. The molecule has 3 aromatic rings. The van der Waals surface area contributed by atoms with E-state index in [-0.39, 0.29) is 11.7 Å². The van der Waals surface area contributed by atoms with Gasteiger partial charge < -0.3 is 19.9 Å². The van der Waals surface area contributed by atoms with E-state index in [0.717, 1.165) is 37.6 Å². The summed E-state index contributed by atoms with van der Waals surface area (Å²) in [6.07, 6.45) is 7.85. The molecule has 0 radical (unpaired) electrons. The Bertz CT molecular complexity index is 1110. The van der Waals surface area contributed by atoms with Gasteiger partial charge in [0.2, 0.25) is 5.91 Å². The highest BCUT2D eigenvalue weighted by molar-refractivity contribution is 5.91. The molecule has 1 N–H and O–H groups in total. The third-order valence-corrected chi connectivity index (χ3v) is 5.37. The van der Waals surface area contributed by atoms with E-state index in [4.69, 9.17) is 4.74 Å². The maximum absolute atomic E-state index is 14.4. The third-order valence-electron chi connectivity index (χ3n) is 5.37. The summed E-state index contributed by atoms with van der Waals surface area (Å²) in [6.45, 7) is 4.13. The fourth-order valence-electron chi connectivity index (χ4n) is 3.52. The number of amides is 1. The molecule has 0 unspecified atom stereocenters. The molecule has 8 heteroatoms. The van der Waals surface area contributed by atoms with Crippen molar-refractivity contribution in [3.05, 3.63) is 84.1 Å². The molecule has 7 nitrogen and oxygen atoms in total. The van der Waals surface area contributed by atoms with Crippen molar-refractivity contribution in [2.75, 3.05) is 38.1 Å². The highest BCUT2D eigenvalue weighted by atomic mass is 19.1. The van der Waals surface area contributed by atoms with Crippen molar-refractivity contribution >= 4 is 17.8 Å². The van der Waals surface area contributed by atoms with Crippen molar-refractivity contribution in [1.29, 1.82) is 0 Å². The number of carbonyl (C=O) groups is 1. The van der Waals surface area contributed by atoms with Gasteiger partial charge in [0.25, 0.3) is 0 Å². The van der Waals surface area contributed by atoms with Gasteiger partial charge in [0.15, 0.2) is 11.6 Å². The van der Waals surface area contributed by atoms with Crippen LogP contribution in [0.5, 0.6) is 11.5 Å². The zero-order valence-corrected chi connectivity index (χ0v) is 18.4. The van der Waals surface area contributed by atoms with Gasteiger partial charge >= 0.3 is 0 Å². The second-order valence-corrected chi connectivity index (χ2v) is 7.81. The summed E-state index contributed by atoms with van der Waals surface area (Å²) in [7, 11) is 2.11. The molecule has 1 fully saturated rings. The molecule has 1 saturated heterocycles. The maximum atomic E-state index is 14.4. The molecule has 0 spiro atoms. The molecule has 33 heavy (non-hydrogen) atoms. The number of rotatable bonds is 7. The predicted octanol–water partition coefficient (Wildman–Crippen LogP) is 3.49. The van der Waals surface area contributed by atoms with E-state index < -0.39 is 5.82 Å². The van der Waals surface area contributed by atoms with Crippen LogP contribution in [0.4, 0.5) is 10.2 Å². The smallest absolute Gasteiger partial charge is 0.244 e. The van der Waals surface area contributed by atoms with E-state index in [1.165, 1.54) is 24.4 Å². The molecule has 0 bridgehead atoms. The monoisotopic (exact) mass is 447 g/mol. The van der Waals surface area contributed by atoms with E-state index in [2.05, 4.69) is 32.1 Å². The quantitative estimate of drug-likeness (QED) is 0.559. The van der Waals surface area contributed by atoms with Crippen LogP contribution >= 0.6 is 0 Å². The Balaban J connectivity index is 1.34. The summed E-state index contributed by atoms with van der Waals surface area (Å²) in [5, 5.41) is 2.89. The van der Waals surface area contributed by atoms with Crippen LogP contribution in [-0.2, 0) is 11.3 Å². The van der Waals surface area contributed by atoms with E-state index in [9.17, 15) is 9.18 Å². The number of carbonyl (C=O) groups excluding carboxylic acids is 1. The van der Waals surface area contributed by atoms with Gasteiger partial charge in [-0.2, -0.15) is 0 Å². The number of benzene rings is 1. The molecule has 1 aliphatic heterocycles. The molecule has 0 aliphatic carbocycles. The fourth-order valence-corrected chi connectivity index (χ4v) is 3.52. The van der Waals surface area contributed by atoms with Crippen molar-refractivity contribution in [2.24, 2.45) is 0 Å². The van der Waals surface area contributed by atoms with Crippen LogP contribution < -0.4 is 15.0 Å². The lowest BCUT2D eigenvalue weighted by molar-refractivity contribution is -0.116. The maximum Gasteiger partial charge on any atom is 0.244 e. The predicted molar refractivity (Wildman–Crippen MR) is 126 cm³/mol. The summed E-state index contributed by atoms with van der Waals surface area (Å²) in [4.78, 5) is 25.3. The molecular formula is C25H26FN5O2. The SMILES string of the molecule is CN1CCN(c2ncccc2CNC(=O)/C=C/c2ccc(Oc3cccnc3)c(F)c2)CC1. The van der Waals surface area contributed by atoms with Crippen molar-refractivity contribution in [1.82, 2.24) is 20.2 Å². The number of anilines is 1. The number of pyridine rings is 2. The highest BCUT2D eigenvalue weighted by Gasteiger charge is 2.18. The molecule has 0 saturated carbocycles. The summed E-state index contributed by atoms with van der Waals surface area (Å²) >= 11 is 0. The number of nitrogens with zero attached hydrogens (tertiary/aromatic N) is 4. The molecule has 1 aliphatic rings. The first-order valence-electron chi connectivity index (χ1n) is 10.8. The molecule has 2 aromatic heterocycles. The Labute approximate surface area is 192 Å². The second-order valence-electron chi connectivity index (χ2n) is 7.81. The van der Waals surface area contributed by atoms with Gasteiger partial charge in [-0.25, -0.2) is 9.37 Å². The topological polar surface area (TPSA) is 70.6 Å². The standard InChI is InChI=1S/C25H26FN5O2/c1-30-12-14-31(15-13-30)25-20(4-2-11-28-25)17-29-24(32)9-7-19-6-8-23(22(26)16-19)33-21-5-3-10-27-18-21/h2-11,16,18H,12-15,17H2,1H3,(H,29,32)/b9-7+. The summed E-state index contributed by atoms with van der Waals surface area (Å²) < 4.78 is 19.9. The number of ether oxygens (including phenoxy) is 1. The van der Waals surface area contributed by atoms with Crippen LogP contribution in [0.2, 0.25) is 0 Å². The Morgan fingerprint density at radius 2 is 1.97 bits per heavy atom. The van der Waals surface area contributed by atoms with Gasteiger partial charge in [-0.1, -0.05) is 12.1 Å². The van der Waals surface area contributed by atoms with Crippen molar-refractivity contribution < 1.29 is 13.9 Å². The van der Waals surface area contributed by atoms with Gasteiger partial charge in [0.1, 0.15) is 11.6 Å². The lowest BCUT2D eigenvalue weighted by Gasteiger charge is -2.34. The third kappa shape index (κ3) is 6.14. The van der Waals surface area contributed by atoms with E-state index >= 15 is 0 Å². The van der Waals surface area contributed by atoms with Crippen molar-refractivity contribution in [3.63, 3.8) is 0 Å². The number of halogens is 1. The molecular weight excluding hydrogens is 421 g/mol. The second kappa shape index (κ2) is 10.7. The molecule has 170 valence electrons. The van der Waals surface area contributed by atoms with Gasteiger partial charge in [-0.05, 0) is 49.0 Å². The van der Waals surface area contributed by atoms with Crippen molar-refractivity contribution in [3.8, 4) is 11.5 Å². The number of piperazine rings is 1. The summed E-state index contributed by atoms with van der Waals surface area (Å²) in [6, 6.07) is 11.8. The molecule has 0 atom stereocenters. The van der Waals surface area contributed by atoms with Gasteiger partial charge in [-0.15, -0.1) is 0 Å². The van der Waals surface area contributed by atoms with Crippen molar-refractivity contribution in [2.45, 2.75) is 6.54 Å². The largest absolute Gasteiger partial charge is 0.453 e. The van der Waals surface area contributed by atoms with Crippen LogP contribution in [0, 0.1) is 5.82 Å². The summed E-state index contributed by atoms with van der Waals surface area (Å²) in [5.74, 6) is 0.664. The highest BCUT2D eigenvalue weighted by Crippen LogP contribution is 2.25. The van der Waals surface area contributed by atoms with Gasteiger partial charge in [-0.3, -0.25) is 9.78 Å². The van der Waals surface area contributed by atoms with Crippen LogP contribution in [0.25, 0.3) is 6.08 Å². The number of likely N-dealkylation sites (N-methyl/N-ethyl adjacent to an activating group) is 1. The van der Waals surface area contributed by atoms with E-state index in [1.54, 1.807) is 36.7 Å². The Kier molecular flexibility index (Phi) is 7.26. The van der Waals surface area contributed by atoms with E-state index in [1.807, 2.05) is 12.1 Å². The average Bonchev–Trinajstić information content (AvgIpc) is 2.84.